The predicted molar refractivity (Wildman–Crippen MR) is 191 cm³/mol. The molecule has 0 spiro atoms. The Hall–Kier alpha value is -1.13. The molecule has 3 nitrogen and oxygen atoms in total. The molecule has 0 amide bonds. The maximum absolute atomic E-state index is 13.3. The van der Waals surface area contributed by atoms with Crippen LogP contribution >= 0.6 is 20.2 Å². The van der Waals surface area contributed by atoms with Crippen molar-refractivity contribution in [3.8, 4) is 0 Å². The molecular formula is C37H58F3IO3S. The van der Waals surface area contributed by atoms with Crippen LogP contribution in [0, 0.1) is 7.14 Å². The zero-order valence-electron chi connectivity index (χ0n) is 27.8. The molecule has 2 aromatic rings. The molecule has 0 aliphatic heterocycles. The molecule has 0 aromatic heterocycles. The first-order valence-electron chi connectivity index (χ1n) is 17.6. The molecule has 0 saturated carbocycles. The minimum absolute atomic E-state index is 0.543. The Kier molecular flexibility index (Phi) is 20.7. The standard InChI is InChI=1S/C37H58F3IO3S/c1-3-5-7-9-11-13-15-17-19-21-23-33-25-29-35(30-26-33)41(44-45(42,43)37(38,39)40)36-31-27-34(28-32-36)24-22-20-18-16-14-12-10-8-6-4-2/h25-32H,3-24H2,1-2H3. The zero-order chi connectivity index (χ0) is 32.8. The van der Waals surface area contributed by atoms with E-state index in [9.17, 15) is 21.6 Å². The van der Waals surface area contributed by atoms with E-state index in [1.165, 1.54) is 103 Å². The summed E-state index contributed by atoms with van der Waals surface area (Å²) in [6.45, 7) is 4.47. The summed E-state index contributed by atoms with van der Waals surface area (Å²) in [5, 5.41) is 0. The molecule has 0 radical (unpaired) electrons. The van der Waals surface area contributed by atoms with Crippen LogP contribution in [0.5, 0.6) is 0 Å². The van der Waals surface area contributed by atoms with Crippen LogP contribution in [0.3, 0.4) is 0 Å². The number of halogens is 4. The van der Waals surface area contributed by atoms with Crippen LogP contribution in [0.25, 0.3) is 0 Å². The van der Waals surface area contributed by atoms with Gasteiger partial charge in [-0.1, -0.05) is 52.4 Å². The molecule has 0 bridgehead atoms. The molecule has 0 saturated heterocycles. The second-order valence-corrected chi connectivity index (χ2v) is 18.8. The molecule has 45 heavy (non-hydrogen) atoms. The average molecular weight is 767 g/mol. The van der Waals surface area contributed by atoms with Crippen molar-refractivity contribution < 1.29 is 24.1 Å². The quantitative estimate of drug-likeness (QED) is 0.0544. The summed E-state index contributed by atoms with van der Waals surface area (Å²) in [6.07, 6.45) is 27.0. The van der Waals surface area contributed by atoms with E-state index < -0.39 is 35.9 Å². The van der Waals surface area contributed by atoms with Gasteiger partial charge in [-0.3, -0.25) is 0 Å². The zero-order valence-corrected chi connectivity index (χ0v) is 30.8. The van der Waals surface area contributed by atoms with Crippen LogP contribution in [0.1, 0.15) is 153 Å². The van der Waals surface area contributed by atoms with Gasteiger partial charge in [0.2, 0.25) is 0 Å². The molecule has 2 aromatic carbocycles. The average Bonchev–Trinajstić information content (AvgIpc) is 3.02. The Labute approximate surface area is 280 Å². The Morgan fingerprint density at radius 1 is 0.511 bits per heavy atom. The van der Waals surface area contributed by atoms with E-state index in [0.29, 0.717) is 7.14 Å². The number of benzene rings is 2. The van der Waals surface area contributed by atoms with Gasteiger partial charge in [0.15, 0.2) is 0 Å². The van der Waals surface area contributed by atoms with Gasteiger partial charge < -0.3 is 0 Å². The molecule has 0 fully saturated rings. The first-order chi connectivity index (χ1) is 21.7. The van der Waals surface area contributed by atoms with Crippen molar-refractivity contribution in [2.24, 2.45) is 0 Å². The van der Waals surface area contributed by atoms with Crippen molar-refractivity contribution in [3.63, 3.8) is 0 Å². The summed E-state index contributed by atoms with van der Waals surface area (Å²) in [6, 6.07) is 14.7. The van der Waals surface area contributed by atoms with Gasteiger partial charge in [0.05, 0.1) is 0 Å². The van der Waals surface area contributed by atoms with E-state index in [1.54, 1.807) is 24.3 Å². The first-order valence-corrected chi connectivity index (χ1v) is 22.0. The molecule has 2 rings (SSSR count). The summed E-state index contributed by atoms with van der Waals surface area (Å²) in [5.74, 6) is 0. The summed E-state index contributed by atoms with van der Waals surface area (Å²) >= 11 is -3.37. The first kappa shape index (κ1) is 40.0. The van der Waals surface area contributed by atoms with Gasteiger partial charge in [-0.25, -0.2) is 0 Å². The molecule has 8 heteroatoms. The van der Waals surface area contributed by atoms with Crippen LogP contribution in [-0.4, -0.2) is 13.9 Å². The third-order valence-electron chi connectivity index (χ3n) is 8.29. The summed E-state index contributed by atoms with van der Waals surface area (Å²) in [7, 11) is -5.71. The number of unbranched alkanes of at least 4 members (excludes halogenated alkanes) is 18. The van der Waals surface area contributed by atoms with Crippen molar-refractivity contribution in [2.45, 2.75) is 161 Å². The summed E-state index contributed by atoms with van der Waals surface area (Å²) < 4.78 is 70.1. The molecular weight excluding hydrogens is 708 g/mol. The topological polar surface area (TPSA) is 43.4 Å². The van der Waals surface area contributed by atoms with Gasteiger partial charge >= 0.3 is 229 Å². The van der Waals surface area contributed by atoms with Gasteiger partial charge in [-0.05, 0) is 0 Å². The number of hydrogen-bond donors (Lipinski definition) is 0. The van der Waals surface area contributed by atoms with E-state index in [-0.39, 0.29) is 0 Å². The molecule has 0 N–H and O–H groups in total. The third kappa shape index (κ3) is 17.0. The predicted octanol–water partition coefficient (Wildman–Crippen LogP) is 12.9. The van der Waals surface area contributed by atoms with Gasteiger partial charge in [-0.15, -0.1) is 0 Å². The Bertz CT molecular complexity index is 1050. The van der Waals surface area contributed by atoms with Gasteiger partial charge in [0.1, 0.15) is 0 Å². The van der Waals surface area contributed by atoms with Crippen LogP contribution in [0.2, 0.25) is 0 Å². The molecule has 0 unspecified atom stereocenters. The Balaban J connectivity index is 1.88. The second-order valence-electron chi connectivity index (χ2n) is 12.3. The fourth-order valence-electron chi connectivity index (χ4n) is 5.48. The SMILES string of the molecule is CCCCCCCCCCCCc1ccc(I(OS(=O)(=O)C(F)(F)F)c2ccc(CCCCCCCCCCCC)cc2)cc1. The Morgan fingerprint density at radius 2 is 0.800 bits per heavy atom. The van der Waals surface area contributed by atoms with E-state index in [1.807, 2.05) is 24.3 Å². The van der Waals surface area contributed by atoms with Crippen LogP contribution < -0.4 is 0 Å². The molecule has 0 aliphatic rings. The number of aryl methyl sites for hydroxylation is 2. The second kappa shape index (κ2) is 23.2. The van der Waals surface area contributed by atoms with Gasteiger partial charge in [0.25, 0.3) is 0 Å². The monoisotopic (exact) mass is 766 g/mol. The van der Waals surface area contributed by atoms with E-state index in [4.69, 9.17) is 2.51 Å². The fraction of sp³-hybridized carbons (Fsp3) is 0.676. The molecule has 0 aliphatic carbocycles. The number of rotatable bonds is 26. The van der Waals surface area contributed by atoms with Crippen LogP contribution in [-0.2, 0) is 25.5 Å². The van der Waals surface area contributed by atoms with Crippen LogP contribution in [0.15, 0.2) is 48.5 Å². The van der Waals surface area contributed by atoms with E-state index in [0.717, 1.165) is 49.7 Å². The maximum atomic E-state index is 13.3. The molecule has 258 valence electrons. The van der Waals surface area contributed by atoms with Crippen molar-refractivity contribution in [1.29, 1.82) is 0 Å². The van der Waals surface area contributed by atoms with Gasteiger partial charge in [-0.2, -0.15) is 0 Å². The Morgan fingerprint density at radius 3 is 1.09 bits per heavy atom. The van der Waals surface area contributed by atoms with E-state index >= 15 is 0 Å². The van der Waals surface area contributed by atoms with Crippen molar-refractivity contribution in [3.05, 3.63) is 66.8 Å². The molecule has 0 heterocycles. The third-order valence-corrected chi connectivity index (χ3v) is 15.3. The van der Waals surface area contributed by atoms with E-state index in [2.05, 4.69) is 13.8 Å². The number of alkyl halides is 3. The van der Waals surface area contributed by atoms with Crippen molar-refractivity contribution in [2.75, 3.05) is 0 Å². The summed E-state index contributed by atoms with van der Waals surface area (Å²) in [4.78, 5) is 0. The van der Waals surface area contributed by atoms with Crippen LogP contribution in [0.4, 0.5) is 13.2 Å². The minimum atomic E-state index is -5.71. The van der Waals surface area contributed by atoms with Crippen molar-refractivity contribution >= 4 is 30.4 Å². The van der Waals surface area contributed by atoms with Gasteiger partial charge in [0, 0.05) is 0 Å². The summed E-state index contributed by atoms with van der Waals surface area (Å²) in [5.41, 5.74) is -3.23. The fourth-order valence-corrected chi connectivity index (χ4v) is 11.9. The molecule has 0 atom stereocenters. The van der Waals surface area contributed by atoms with Crippen molar-refractivity contribution in [1.82, 2.24) is 0 Å². The normalized spacial score (nSPS) is 12.5. The number of hydrogen-bond acceptors (Lipinski definition) is 3.